The van der Waals surface area contributed by atoms with Crippen molar-refractivity contribution in [2.45, 2.75) is 26.2 Å². The third kappa shape index (κ3) is 4.23. The Hall–Kier alpha value is -3.16. The van der Waals surface area contributed by atoms with Crippen molar-refractivity contribution in [3.63, 3.8) is 0 Å². The van der Waals surface area contributed by atoms with Crippen LogP contribution in [0.5, 0.6) is 5.75 Å². The van der Waals surface area contributed by atoms with Crippen LogP contribution in [-0.2, 0) is 19.2 Å². The van der Waals surface area contributed by atoms with Gasteiger partial charge in [-0.2, -0.15) is 0 Å². The summed E-state index contributed by atoms with van der Waals surface area (Å²) in [5.41, 5.74) is 2.03. The molecule has 0 saturated carbocycles. The number of rotatable bonds is 4. The number of anilines is 2. The molecule has 2 aromatic carbocycles. The van der Waals surface area contributed by atoms with E-state index >= 15 is 0 Å². The summed E-state index contributed by atoms with van der Waals surface area (Å²) < 4.78 is 5.49. The summed E-state index contributed by atoms with van der Waals surface area (Å²) in [6, 6.07) is 11.3. The number of fused-ring (bicyclic) bond motifs is 1. The Morgan fingerprint density at radius 1 is 0.971 bits per heavy atom. The van der Waals surface area contributed by atoms with E-state index in [0.717, 1.165) is 5.57 Å². The van der Waals surface area contributed by atoms with Crippen molar-refractivity contribution in [1.82, 2.24) is 0 Å². The summed E-state index contributed by atoms with van der Waals surface area (Å²) in [6.45, 7) is 2.10. The van der Waals surface area contributed by atoms with Gasteiger partial charge in [0.1, 0.15) is 5.75 Å². The highest BCUT2D eigenvalue weighted by Gasteiger charge is 2.48. The van der Waals surface area contributed by atoms with Gasteiger partial charge in [-0.1, -0.05) is 40.9 Å². The van der Waals surface area contributed by atoms with Crippen LogP contribution in [0, 0.1) is 17.8 Å². The molecule has 7 nitrogen and oxygen atoms in total. The molecule has 0 radical (unpaired) electrons. The summed E-state index contributed by atoms with van der Waals surface area (Å²) in [5, 5.41) is 0.576. The van der Waals surface area contributed by atoms with Crippen LogP contribution in [0.2, 0.25) is 10.0 Å². The Balaban J connectivity index is 1.25. The van der Waals surface area contributed by atoms with E-state index in [1.807, 2.05) is 13.0 Å². The molecule has 9 heteroatoms. The van der Waals surface area contributed by atoms with Crippen molar-refractivity contribution in [3.05, 3.63) is 64.2 Å². The van der Waals surface area contributed by atoms with E-state index in [9.17, 15) is 19.2 Å². The van der Waals surface area contributed by atoms with Crippen LogP contribution in [0.25, 0.3) is 0 Å². The number of carbonyl (C=O) groups excluding carboxylic acids is 4. The smallest absolute Gasteiger partial charge is 0.316 e. The topological polar surface area (TPSA) is 84.0 Å². The van der Waals surface area contributed by atoms with Gasteiger partial charge >= 0.3 is 5.97 Å². The summed E-state index contributed by atoms with van der Waals surface area (Å²) >= 11 is 12.3. The quantitative estimate of drug-likeness (QED) is 0.254. The first-order valence-electron chi connectivity index (χ1n) is 11.3. The van der Waals surface area contributed by atoms with Crippen LogP contribution in [-0.4, -0.2) is 30.2 Å². The number of halogens is 2. The monoisotopic (exact) mass is 512 g/mol. The number of hydrogen-bond donors (Lipinski definition) is 0. The molecule has 0 bridgehead atoms. The molecule has 5 rings (SSSR count). The number of ether oxygens (including phenoxy) is 1. The normalized spacial score (nSPS) is 24.0. The number of amides is 3. The highest BCUT2D eigenvalue weighted by molar-refractivity contribution is 6.44. The van der Waals surface area contributed by atoms with Crippen LogP contribution in [0.3, 0.4) is 0 Å². The van der Waals surface area contributed by atoms with Crippen molar-refractivity contribution >= 4 is 58.3 Å². The lowest BCUT2D eigenvalue weighted by Gasteiger charge is -2.19. The molecule has 2 aromatic rings. The molecule has 0 spiro atoms. The minimum absolute atomic E-state index is 0.00717. The molecule has 0 unspecified atom stereocenters. The highest BCUT2D eigenvalue weighted by atomic mass is 35.5. The Morgan fingerprint density at radius 2 is 1.69 bits per heavy atom. The minimum atomic E-state index is -0.669. The molecule has 2 fully saturated rings. The molecule has 0 aromatic heterocycles. The Bertz CT molecular complexity index is 1270. The number of imide groups is 1. The van der Waals surface area contributed by atoms with Crippen molar-refractivity contribution in [2.75, 3.05) is 16.3 Å². The van der Waals surface area contributed by atoms with Crippen molar-refractivity contribution in [2.24, 2.45) is 17.8 Å². The SMILES string of the molecule is CC1=CC[C@@H]2C(=O)N(c3ccc(OC(=O)[C@H]4CC(=O)N(c5cccc(Cl)c5Cl)C4)cc3)C(=O)[C@@H]2C1. The van der Waals surface area contributed by atoms with Gasteiger partial charge in [-0.3, -0.25) is 24.1 Å². The Morgan fingerprint density at radius 3 is 2.43 bits per heavy atom. The molecular formula is C26H22Cl2N2O5. The fourth-order valence-electron chi connectivity index (χ4n) is 4.95. The lowest BCUT2D eigenvalue weighted by Crippen LogP contribution is -2.30. The second-order valence-corrected chi connectivity index (χ2v) is 9.89. The first kappa shape index (κ1) is 23.6. The van der Waals surface area contributed by atoms with Crippen molar-refractivity contribution in [3.8, 4) is 5.75 Å². The predicted molar refractivity (Wildman–Crippen MR) is 131 cm³/mol. The molecule has 3 atom stereocenters. The molecule has 35 heavy (non-hydrogen) atoms. The summed E-state index contributed by atoms with van der Waals surface area (Å²) in [5.74, 6) is -2.23. The average Bonchev–Trinajstić information content (AvgIpc) is 3.33. The Labute approximate surface area is 212 Å². The molecular weight excluding hydrogens is 491 g/mol. The largest absolute Gasteiger partial charge is 0.426 e. The van der Waals surface area contributed by atoms with Gasteiger partial charge in [0, 0.05) is 13.0 Å². The van der Waals surface area contributed by atoms with E-state index in [2.05, 4.69) is 0 Å². The van der Waals surface area contributed by atoms with E-state index in [1.165, 1.54) is 9.80 Å². The predicted octanol–water partition coefficient (Wildman–Crippen LogP) is 4.80. The molecule has 2 heterocycles. The van der Waals surface area contributed by atoms with Gasteiger partial charge in [-0.25, -0.2) is 0 Å². The number of hydrogen-bond acceptors (Lipinski definition) is 5. The highest BCUT2D eigenvalue weighted by Crippen LogP contribution is 2.40. The van der Waals surface area contributed by atoms with E-state index in [0.29, 0.717) is 29.2 Å². The van der Waals surface area contributed by atoms with Crippen molar-refractivity contribution < 1.29 is 23.9 Å². The molecule has 2 aliphatic heterocycles. The van der Waals surface area contributed by atoms with Gasteiger partial charge in [-0.15, -0.1) is 0 Å². The number of carbonyl (C=O) groups is 4. The molecule has 0 N–H and O–H groups in total. The van der Waals surface area contributed by atoms with Gasteiger partial charge in [0.15, 0.2) is 0 Å². The van der Waals surface area contributed by atoms with Crippen molar-refractivity contribution in [1.29, 1.82) is 0 Å². The zero-order valence-corrected chi connectivity index (χ0v) is 20.4. The molecule has 3 aliphatic rings. The fourth-order valence-corrected chi connectivity index (χ4v) is 5.35. The lowest BCUT2D eigenvalue weighted by atomic mass is 9.82. The van der Waals surface area contributed by atoms with Crippen LogP contribution in [0.4, 0.5) is 11.4 Å². The maximum Gasteiger partial charge on any atom is 0.316 e. The molecule has 3 amide bonds. The van der Waals surface area contributed by atoms with Crippen LogP contribution in [0.1, 0.15) is 26.2 Å². The maximum atomic E-state index is 12.9. The van der Waals surface area contributed by atoms with Crippen LogP contribution >= 0.6 is 23.2 Å². The van der Waals surface area contributed by atoms with Crippen LogP contribution < -0.4 is 14.5 Å². The van der Waals surface area contributed by atoms with Crippen LogP contribution in [0.15, 0.2) is 54.1 Å². The summed E-state index contributed by atoms with van der Waals surface area (Å²) in [6.07, 6.45) is 3.18. The number of nitrogens with zero attached hydrogens (tertiary/aromatic N) is 2. The third-order valence-electron chi connectivity index (χ3n) is 6.82. The first-order valence-corrected chi connectivity index (χ1v) is 12.1. The lowest BCUT2D eigenvalue weighted by molar-refractivity contribution is -0.139. The van der Waals surface area contributed by atoms with Gasteiger partial charge < -0.3 is 9.64 Å². The summed E-state index contributed by atoms with van der Waals surface area (Å²) in [7, 11) is 0. The first-order chi connectivity index (χ1) is 16.7. The van der Waals surface area contributed by atoms with Gasteiger partial charge in [-0.05, 0) is 56.2 Å². The molecule has 180 valence electrons. The second kappa shape index (κ2) is 9.13. The minimum Gasteiger partial charge on any atom is -0.426 e. The van der Waals surface area contributed by atoms with Gasteiger partial charge in [0.05, 0.1) is 39.2 Å². The molecule has 1 aliphatic carbocycles. The van der Waals surface area contributed by atoms with Gasteiger partial charge in [0.2, 0.25) is 17.7 Å². The molecule has 2 saturated heterocycles. The van der Waals surface area contributed by atoms with Gasteiger partial charge in [0.25, 0.3) is 0 Å². The van der Waals surface area contributed by atoms with E-state index in [4.69, 9.17) is 27.9 Å². The zero-order valence-electron chi connectivity index (χ0n) is 18.9. The average molecular weight is 513 g/mol. The summed E-state index contributed by atoms with van der Waals surface area (Å²) in [4.78, 5) is 53.7. The second-order valence-electron chi connectivity index (χ2n) is 9.11. The number of allylic oxidation sites excluding steroid dienone is 2. The third-order valence-corrected chi connectivity index (χ3v) is 7.63. The number of benzene rings is 2. The van der Waals surface area contributed by atoms with E-state index in [1.54, 1.807) is 42.5 Å². The maximum absolute atomic E-state index is 12.9. The standard InChI is InChI=1S/C26H22Cl2N2O5/c1-14-5-10-18-19(11-14)25(33)30(24(18)32)16-6-8-17(9-7-16)35-26(34)15-12-22(31)29(13-15)21-4-2-3-20(27)23(21)28/h2-9,15,18-19H,10-13H2,1H3/t15-,18-,19+/m0/s1. The zero-order chi connectivity index (χ0) is 24.9. The fraction of sp³-hybridized carbons (Fsp3) is 0.308. The van der Waals surface area contributed by atoms with E-state index < -0.39 is 11.9 Å². The van der Waals surface area contributed by atoms with E-state index in [-0.39, 0.29) is 53.3 Å². The Kier molecular flexibility index (Phi) is 6.15. The number of esters is 1.